The number of benzene rings is 1. The van der Waals surface area contributed by atoms with Gasteiger partial charge >= 0.3 is 0 Å². The van der Waals surface area contributed by atoms with E-state index in [0.717, 1.165) is 39.1 Å². The standard InChI is InChI=1S/C14H12BrClOS/c1-9-6-11(14(8-17)18-9)3-2-10-4-5-12(16)7-13(10)15/h4-8H,2-3H2,1H3. The number of aldehydes is 1. The minimum atomic E-state index is 0.727. The Hall–Kier alpha value is -0.640. The van der Waals surface area contributed by atoms with Gasteiger partial charge < -0.3 is 0 Å². The van der Waals surface area contributed by atoms with Gasteiger partial charge in [0.1, 0.15) is 0 Å². The van der Waals surface area contributed by atoms with Gasteiger partial charge in [-0.05, 0) is 49.1 Å². The average Bonchev–Trinajstić information content (AvgIpc) is 2.68. The molecule has 0 spiro atoms. The van der Waals surface area contributed by atoms with Gasteiger partial charge in [-0.2, -0.15) is 0 Å². The van der Waals surface area contributed by atoms with Gasteiger partial charge in [0.25, 0.3) is 0 Å². The Kier molecular flexibility index (Phi) is 4.60. The molecule has 18 heavy (non-hydrogen) atoms. The Balaban J connectivity index is 2.13. The number of carbonyl (C=O) groups excluding carboxylic acids is 1. The number of aryl methyl sites for hydroxylation is 3. The minimum Gasteiger partial charge on any atom is -0.297 e. The molecule has 2 aromatic rings. The van der Waals surface area contributed by atoms with E-state index < -0.39 is 0 Å². The third-order valence-electron chi connectivity index (χ3n) is 2.75. The topological polar surface area (TPSA) is 17.1 Å². The first-order chi connectivity index (χ1) is 8.60. The lowest BCUT2D eigenvalue weighted by molar-refractivity contribution is 0.112. The Labute approximate surface area is 124 Å². The molecular formula is C14H12BrClOS. The fraction of sp³-hybridized carbons (Fsp3) is 0.214. The van der Waals surface area contributed by atoms with Gasteiger partial charge in [0.05, 0.1) is 4.88 Å². The van der Waals surface area contributed by atoms with E-state index in [0.29, 0.717) is 0 Å². The molecule has 0 bridgehead atoms. The van der Waals surface area contributed by atoms with Crippen LogP contribution in [0.3, 0.4) is 0 Å². The Morgan fingerprint density at radius 2 is 2.00 bits per heavy atom. The molecule has 1 nitrogen and oxygen atoms in total. The molecule has 0 atom stereocenters. The van der Waals surface area contributed by atoms with Crippen molar-refractivity contribution in [3.8, 4) is 0 Å². The highest BCUT2D eigenvalue weighted by Crippen LogP contribution is 2.25. The summed E-state index contributed by atoms with van der Waals surface area (Å²) < 4.78 is 1.02. The lowest BCUT2D eigenvalue weighted by Crippen LogP contribution is -1.93. The first-order valence-electron chi connectivity index (χ1n) is 5.58. The summed E-state index contributed by atoms with van der Waals surface area (Å²) in [5, 5.41) is 0.727. The lowest BCUT2D eigenvalue weighted by Gasteiger charge is -2.04. The van der Waals surface area contributed by atoms with Gasteiger partial charge in [0, 0.05) is 14.4 Å². The van der Waals surface area contributed by atoms with E-state index >= 15 is 0 Å². The maximum absolute atomic E-state index is 10.9. The van der Waals surface area contributed by atoms with Crippen molar-refractivity contribution in [1.82, 2.24) is 0 Å². The van der Waals surface area contributed by atoms with Crippen LogP contribution in [0.4, 0.5) is 0 Å². The van der Waals surface area contributed by atoms with E-state index in [1.807, 2.05) is 25.1 Å². The van der Waals surface area contributed by atoms with Gasteiger partial charge in [-0.25, -0.2) is 0 Å². The minimum absolute atomic E-state index is 0.727. The third-order valence-corrected chi connectivity index (χ3v) is 4.74. The van der Waals surface area contributed by atoms with Crippen LogP contribution in [0.15, 0.2) is 28.7 Å². The molecule has 0 fully saturated rings. The smallest absolute Gasteiger partial charge is 0.160 e. The fourth-order valence-corrected chi connectivity index (χ4v) is 3.64. The highest BCUT2D eigenvalue weighted by molar-refractivity contribution is 9.10. The van der Waals surface area contributed by atoms with Gasteiger partial charge in [-0.3, -0.25) is 4.79 Å². The average molecular weight is 344 g/mol. The van der Waals surface area contributed by atoms with Gasteiger partial charge in [-0.1, -0.05) is 33.6 Å². The largest absolute Gasteiger partial charge is 0.297 e. The highest BCUT2D eigenvalue weighted by Gasteiger charge is 2.08. The summed E-state index contributed by atoms with van der Waals surface area (Å²) in [7, 11) is 0. The van der Waals surface area contributed by atoms with Gasteiger partial charge in [0.2, 0.25) is 0 Å². The quantitative estimate of drug-likeness (QED) is 0.708. The molecular weight excluding hydrogens is 332 g/mol. The van der Waals surface area contributed by atoms with E-state index in [-0.39, 0.29) is 0 Å². The van der Waals surface area contributed by atoms with Gasteiger partial charge in [0.15, 0.2) is 6.29 Å². The van der Waals surface area contributed by atoms with E-state index in [2.05, 4.69) is 22.0 Å². The number of hydrogen-bond donors (Lipinski definition) is 0. The zero-order chi connectivity index (χ0) is 13.1. The van der Waals surface area contributed by atoms with Crippen LogP contribution in [0.1, 0.15) is 25.7 Å². The van der Waals surface area contributed by atoms with Crippen LogP contribution in [0.2, 0.25) is 5.02 Å². The maximum atomic E-state index is 10.9. The number of rotatable bonds is 4. The summed E-state index contributed by atoms with van der Waals surface area (Å²) in [6, 6.07) is 7.90. The van der Waals surface area contributed by atoms with E-state index in [1.165, 1.54) is 10.4 Å². The van der Waals surface area contributed by atoms with Crippen molar-refractivity contribution in [2.75, 3.05) is 0 Å². The molecule has 0 aliphatic heterocycles. The number of halogens is 2. The zero-order valence-electron chi connectivity index (χ0n) is 9.87. The first kappa shape index (κ1) is 13.8. The lowest BCUT2D eigenvalue weighted by atomic mass is 10.1. The molecule has 2 rings (SSSR count). The van der Waals surface area contributed by atoms with Crippen LogP contribution in [-0.2, 0) is 12.8 Å². The van der Waals surface area contributed by atoms with Crippen LogP contribution < -0.4 is 0 Å². The number of thiophene rings is 1. The Bertz CT molecular complexity index is 577. The second-order valence-corrected chi connectivity index (χ2v) is 6.68. The van der Waals surface area contributed by atoms with Crippen molar-refractivity contribution in [2.45, 2.75) is 19.8 Å². The van der Waals surface area contributed by atoms with Crippen LogP contribution in [0.5, 0.6) is 0 Å². The first-order valence-corrected chi connectivity index (χ1v) is 7.57. The molecule has 0 radical (unpaired) electrons. The van der Waals surface area contributed by atoms with Crippen molar-refractivity contribution in [3.63, 3.8) is 0 Å². The summed E-state index contributed by atoms with van der Waals surface area (Å²) in [5.74, 6) is 0. The molecule has 0 aliphatic carbocycles. The molecule has 0 unspecified atom stereocenters. The summed E-state index contributed by atoms with van der Waals surface area (Å²) >= 11 is 11.0. The van der Waals surface area contributed by atoms with Crippen molar-refractivity contribution in [1.29, 1.82) is 0 Å². The molecule has 94 valence electrons. The summed E-state index contributed by atoms with van der Waals surface area (Å²) in [5.41, 5.74) is 2.34. The predicted octanol–water partition coefficient (Wildman–Crippen LogP) is 5.07. The van der Waals surface area contributed by atoms with E-state index in [1.54, 1.807) is 11.3 Å². The Morgan fingerprint density at radius 1 is 1.28 bits per heavy atom. The van der Waals surface area contributed by atoms with Gasteiger partial charge in [-0.15, -0.1) is 11.3 Å². The number of carbonyl (C=O) groups is 1. The number of hydrogen-bond acceptors (Lipinski definition) is 2. The molecule has 0 N–H and O–H groups in total. The maximum Gasteiger partial charge on any atom is 0.160 e. The summed E-state index contributed by atoms with van der Waals surface area (Å²) in [6.45, 7) is 2.03. The second kappa shape index (κ2) is 6.00. The van der Waals surface area contributed by atoms with Crippen molar-refractivity contribution in [2.24, 2.45) is 0 Å². The van der Waals surface area contributed by atoms with Crippen LogP contribution in [0, 0.1) is 6.92 Å². The molecule has 4 heteroatoms. The van der Waals surface area contributed by atoms with Crippen LogP contribution in [-0.4, -0.2) is 6.29 Å². The molecule has 1 aromatic carbocycles. The van der Waals surface area contributed by atoms with Crippen molar-refractivity contribution >= 4 is 45.2 Å². The van der Waals surface area contributed by atoms with Crippen LogP contribution >= 0.6 is 38.9 Å². The fourth-order valence-electron chi connectivity index (χ4n) is 1.87. The van der Waals surface area contributed by atoms with E-state index in [9.17, 15) is 4.79 Å². The molecule has 0 saturated carbocycles. The zero-order valence-corrected chi connectivity index (χ0v) is 13.0. The normalized spacial score (nSPS) is 10.6. The Morgan fingerprint density at radius 3 is 2.67 bits per heavy atom. The molecule has 1 aromatic heterocycles. The molecule has 0 saturated heterocycles. The monoisotopic (exact) mass is 342 g/mol. The second-order valence-electron chi connectivity index (χ2n) is 4.10. The predicted molar refractivity (Wildman–Crippen MR) is 81.0 cm³/mol. The van der Waals surface area contributed by atoms with E-state index in [4.69, 9.17) is 11.6 Å². The molecule has 1 heterocycles. The summed E-state index contributed by atoms with van der Waals surface area (Å²) in [4.78, 5) is 13.0. The van der Waals surface area contributed by atoms with Crippen LogP contribution in [0.25, 0.3) is 0 Å². The molecule has 0 amide bonds. The summed E-state index contributed by atoms with van der Waals surface area (Å²) in [6.07, 6.45) is 2.72. The highest BCUT2D eigenvalue weighted by atomic mass is 79.9. The molecule has 0 aliphatic rings. The SMILES string of the molecule is Cc1cc(CCc2ccc(Cl)cc2Br)c(C=O)s1. The third kappa shape index (κ3) is 3.22. The van der Waals surface area contributed by atoms with Crippen molar-refractivity contribution in [3.05, 3.63) is 54.6 Å². The van der Waals surface area contributed by atoms with Crippen molar-refractivity contribution < 1.29 is 4.79 Å².